The van der Waals surface area contributed by atoms with Crippen molar-refractivity contribution in [2.24, 2.45) is 11.8 Å². The second kappa shape index (κ2) is 5.26. The van der Waals surface area contributed by atoms with Crippen molar-refractivity contribution >= 4 is 11.8 Å². The molecule has 0 bridgehead atoms. The standard InChI is InChI=1S/C13H26N4O/c1-8(2)6-13(5)11(14)17(12(15)16-13)10(7-18)9(3)4/h8-10,14,18H,6-7H2,1-5H3,(H2,15,16)/t10-,13?/m0/s1. The van der Waals surface area contributed by atoms with Crippen molar-refractivity contribution in [3.8, 4) is 0 Å². The van der Waals surface area contributed by atoms with E-state index >= 15 is 0 Å². The summed E-state index contributed by atoms with van der Waals surface area (Å²) in [6.45, 7) is 10.1. The van der Waals surface area contributed by atoms with Crippen LogP contribution in [0.2, 0.25) is 0 Å². The molecule has 0 amide bonds. The lowest BCUT2D eigenvalue weighted by Gasteiger charge is -2.32. The highest BCUT2D eigenvalue weighted by atomic mass is 16.3. The monoisotopic (exact) mass is 254 g/mol. The summed E-state index contributed by atoms with van der Waals surface area (Å²) in [5.41, 5.74) is -0.492. The normalized spacial score (nSPS) is 26.1. The summed E-state index contributed by atoms with van der Waals surface area (Å²) in [6, 6.07) is -0.202. The summed E-state index contributed by atoms with van der Waals surface area (Å²) >= 11 is 0. The molecular formula is C13H26N4O. The molecule has 4 N–H and O–H groups in total. The lowest BCUT2D eigenvalue weighted by molar-refractivity contribution is 0.181. The molecule has 0 aromatic rings. The Kier molecular flexibility index (Phi) is 4.37. The molecule has 5 heteroatoms. The van der Waals surface area contributed by atoms with Crippen LogP contribution in [0.4, 0.5) is 0 Å². The number of aliphatic hydroxyl groups excluding tert-OH is 1. The van der Waals surface area contributed by atoms with Crippen LogP contribution in [0.5, 0.6) is 0 Å². The number of hydrogen-bond acceptors (Lipinski definition) is 3. The molecular weight excluding hydrogens is 228 g/mol. The molecule has 1 aliphatic rings. The molecule has 18 heavy (non-hydrogen) atoms. The lowest BCUT2D eigenvalue weighted by atomic mass is 9.90. The van der Waals surface area contributed by atoms with Crippen molar-refractivity contribution in [3.63, 3.8) is 0 Å². The van der Waals surface area contributed by atoms with Crippen LogP contribution in [0.1, 0.15) is 41.0 Å². The average Bonchev–Trinajstić information content (AvgIpc) is 2.41. The van der Waals surface area contributed by atoms with E-state index in [2.05, 4.69) is 19.2 Å². The van der Waals surface area contributed by atoms with Crippen molar-refractivity contribution in [1.29, 1.82) is 10.8 Å². The van der Waals surface area contributed by atoms with Crippen molar-refractivity contribution in [2.75, 3.05) is 6.61 Å². The first kappa shape index (κ1) is 15.0. The summed E-state index contributed by atoms with van der Waals surface area (Å²) in [6.07, 6.45) is 0.807. The molecule has 0 aromatic carbocycles. The van der Waals surface area contributed by atoms with Crippen molar-refractivity contribution in [1.82, 2.24) is 10.2 Å². The third kappa shape index (κ3) is 2.66. The van der Waals surface area contributed by atoms with E-state index in [0.717, 1.165) is 6.42 Å². The van der Waals surface area contributed by atoms with Gasteiger partial charge in [0, 0.05) is 0 Å². The zero-order valence-corrected chi connectivity index (χ0v) is 12.0. The minimum absolute atomic E-state index is 0.0398. The molecule has 0 aliphatic carbocycles. The Balaban J connectivity index is 2.97. The summed E-state index contributed by atoms with van der Waals surface area (Å²) in [4.78, 5) is 1.63. The Morgan fingerprint density at radius 3 is 2.22 bits per heavy atom. The van der Waals surface area contributed by atoms with Crippen molar-refractivity contribution in [2.45, 2.75) is 52.6 Å². The van der Waals surface area contributed by atoms with Gasteiger partial charge in [-0.25, -0.2) is 0 Å². The van der Waals surface area contributed by atoms with E-state index in [4.69, 9.17) is 10.8 Å². The zero-order valence-electron chi connectivity index (χ0n) is 12.0. The minimum atomic E-state index is -0.492. The summed E-state index contributed by atoms with van der Waals surface area (Å²) in [7, 11) is 0. The van der Waals surface area contributed by atoms with Crippen LogP contribution in [0, 0.1) is 22.7 Å². The maximum absolute atomic E-state index is 9.48. The zero-order chi connectivity index (χ0) is 14.1. The van der Waals surface area contributed by atoms with Gasteiger partial charge in [0.05, 0.1) is 18.2 Å². The number of aliphatic hydroxyl groups is 1. The van der Waals surface area contributed by atoms with E-state index in [1.165, 1.54) is 0 Å². The molecule has 0 saturated carbocycles. The van der Waals surface area contributed by atoms with Crippen LogP contribution in [0.25, 0.3) is 0 Å². The Labute approximate surface area is 110 Å². The fourth-order valence-electron chi connectivity index (χ4n) is 2.64. The minimum Gasteiger partial charge on any atom is -0.394 e. The average molecular weight is 254 g/mol. The van der Waals surface area contributed by atoms with E-state index < -0.39 is 5.54 Å². The van der Waals surface area contributed by atoms with Gasteiger partial charge in [0.2, 0.25) is 0 Å². The molecule has 0 spiro atoms. The fraction of sp³-hybridized carbons (Fsp3) is 0.846. The van der Waals surface area contributed by atoms with Crippen LogP contribution in [0.15, 0.2) is 0 Å². The highest BCUT2D eigenvalue weighted by molar-refractivity contribution is 6.09. The molecule has 2 atom stereocenters. The molecule has 1 heterocycles. The Hall–Kier alpha value is -1.10. The van der Waals surface area contributed by atoms with Crippen LogP contribution in [0.3, 0.4) is 0 Å². The van der Waals surface area contributed by atoms with Gasteiger partial charge >= 0.3 is 0 Å². The predicted octanol–water partition coefficient (Wildman–Crippen LogP) is 1.63. The van der Waals surface area contributed by atoms with Gasteiger partial charge in [0.25, 0.3) is 0 Å². The molecule has 1 fully saturated rings. The molecule has 0 aromatic heterocycles. The van der Waals surface area contributed by atoms with Crippen molar-refractivity contribution < 1.29 is 5.11 Å². The largest absolute Gasteiger partial charge is 0.394 e. The van der Waals surface area contributed by atoms with Gasteiger partial charge in [0.1, 0.15) is 5.84 Å². The van der Waals surface area contributed by atoms with Gasteiger partial charge in [0.15, 0.2) is 5.96 Å². The maximum Gasteiger partial charge on any atom is 0.197 e. The molecule has 1 rings (SSSR count). The highest BCUT2D eigenvalue weighted by Gasteiger charge is 2.45. The molecule has 1 saturated heterocycles. The number of nitrogens with zero attached hydrogens (tertiary/aromatic N) is 1. The first-order chi connectivity index (χ1) is 8.23. The van der Waals surface area contributed by atoms with E-state index in [1.54, 1.807) is 4.90 Å². The van der Waals surface area contributed by atoms with Gasteiger partial charge in [-0.3, -0.25) is 15.7 Å². The van der Waals surface area contributed by atoms with Gasteiger partial charge in [-0.1, -0.05) is 27.7 Å². The lowest BCUT2D eigenvalue weighted by Crippen LogP contribution is -2.48. The molecule has 1 unspecified atom stereocenters. The second-order valence-corrected chi connectivity index (χ2v) is 6.12. The van der Waals surface area contributed by atoms with E-state index in [0.29, 0.717) is 11.8 Å². The first-order valence-corrected chi connectivity index (χ1v) is 6.58. The second-order valence-electron chi connectivity index (χ2n) is 6.12. The van der Waals surface area contributed by atoms with Crippen LogP contribution in [-0.2, 0) is 0 Å². The Bertz CT molecular complexity index is 340. The van der Waals surface area contributed by atoms with Crippen LogP contribution >= 0.6 is 0 Å². The van der Waals surface area contributed by atoms with Gasteiger partial charge in [-0.05, 0) is 25.2 Å². The third-order valence-corrected chi connectivity index (χ3v) is 3.50. The summed E-state index contributed by atoms with van der Waals surface area (Å²) in [5.74, 6) is 1.27. The maximum atomic E-state index is 9.48. The molecule has 0 radical (unpaired) electrons. The smallest absolute Gasteiger partial charge is 0.197 e. The van der Waals surface area contributed by atoms with E-state index in [1.807, 2.05) is 20.8 Å². The first-order valence-electron chi connectivity index (χ1n) is 6.58. The number of amidine groups is 1. The number of nitrogens with one attached hydrogen (secondary N) is 3. The molecule has 1 aliphatic heterocycles. The Morgan fingerprint density at radius 2 is 1.83 bits per heavy atom. The quantitative estimate of drug-likeness (QED) is 0.601. The van der Waals surface area contributed by atoms with E-state index in [9.17, 15) is 5.11 Å². The summed E-state index contributed by atoms with van der Waals surface area (Å²) in [5, 5.41) is 28.9. The number of hydrogen-bond donors (Lipinski definition) is 4. The SMILES string of the molecule is CC(C)CC1(C)NC(=N)N([C@@H](CO)C(C)C)C1=N. The van der Waals surface area contributed by atoms with Gasteiger partial charge in [-0.2, -0.15) is 0 Å². The topological polar surface area (TPSA) is 83.2 Å². The molecule has 5 nitrogen and oxygen atoms in total. The van der Waals surface area contributed by atoms with Crippen LogP contribution < -0.4 is 5.32 Å². The van der Waals surface area contributed by atoms with Crippen molar-refractivity contribution in [3.05, 3.63) is 0 Å². The Morgan fingerprint density at radius 1 is 1.28 bits per heavy atom. The van der Waals surface area contributed by atoms with Gasteiger partial charge < -0.3 is 10.4 Å². The third-order valence-electron chi connectivity index (χ3n) is 3.50. The fourth-order valence-corrected chi connectivity index (χ4v) is 2.64. The predicted molar refractivity (Wildman–Crippen MR) is 74.0 cm³/mol. The van der Waals surface area contributed by atoms with E-state index in [-0.39, 0.29) is 24.5 Å². The number of guanidine groups is 1. The van der Waals surface area contributed by atoms with Crippen LogP contribution in [-0.4, -0.2) is 40.0 Å². The van der Waals surface area contributed by atoms with Gasteiger partial charge in [-0.15, -0.1) is 0 Å². The number of rotatable bonds is 5. The summed E-state index contributed by atoms with van der Waals surface area (Å²) < 4.78 is 0. The highest BCUT2D eigenvalue weighted by Crippen LogP contribution is 2.27. The molecule has 104 valence electrons.